The van der Waals surface area contributed by atoms with Crippen molar-refractivity contribution in [3.05, 3.63) is 52.3 Å². The lowest BCUT2D eigenvalue weighted by atomic mass is 10.0. The fourth-order valence-corrected chi connectivity index (χ4v) is 1.81. The highest BCUT2D eigenvalue weighted by molar-refractivity contribution is 5.92. The molecule has 2 aromatic rings. The number of nitrogens with one attached hydrogen (secondary N) is 1. The van der Waals surface area contributed by atoms with Crippen molar-refractivity contribution >= 4 is 5.91 Å². The third-order valence-corrected chi connectivity index (χ3v) is 3.04. The number of amides is 1. The van der Waals surface area contributed by atoms with Gasteiger partial charge in [0.2, 0.25) is 0 Å². The second-order valence-corrected chi connectivity index (χ2v) is 4.81. The lowest BCUT2D eigenvalue weighted by Crippen LogP contribution is -2.39. The summed E-state index contributed by atoms with van der Waals surface area (Å²) >= 11 is 0. The smallest absolute Gasteiger partial charge is 0.271 e. The third kappa shape index (κ3) is 3.38. The van der Waals surface area contributed by atoms with E-state index in [2.05, 4.69) is 10.4 Å². The predicted molar refractivity (Wildman–Crippen MR) is 74.8 cm³/mol. The van der Waals surface area contributed by atoms with E-state index in [1.165, 1.54) is 30.0 Å². The maximum absolute atomic E-state index is 12.0. The lowest BCUT2D eigenvalue weighted by Gasteiger charge is -2.21. The number of hydrogen-bond acceptors (Lipinski definition) is 5. The van der Waals surface area contributed by atoms with Gasteiger partial charge in [-0.05, 0) is 32.0 Å². The SMILES string of the molecule is CCn1nc(C(=O)NCC(C)(O)c2ccco2)ccc1=O. The summed E-state index contributed by atoms with van der Waals surface area (Å²) in [5.74, 6) is -0.113. The van der Waals surface area contributed by atoms with Gasteiger partial charge >= 0.3 is 0 Å². The van der Waals surface area contributed by atoms with Gasteiger partial charge < -0.3 is 14.8 Å². The summed E-state index contributed by atoms with van der Waals surface area (Å²) in [6, 6.07) is 5.92. The summed E-state index contributed by atoms with van der Waals surface area (Å²) in [5, 5.41) is 16.7. The number of carbonyl (C=O) groups excluding carboxylic acids is 1. The molecule has 7 nitrogen and oxygen atoms in total. The predicted octanol–water partition coefficient (Wildman–Crippen LogP) is 0.494. The van der Waals surface area contributed by atoms with Crippen molar-refractivity contribution < 1.29 is 14.3 Å². The van der Waals surface area contributed by atoms with Crippen LogP contribution >= 0.6 is 0 Å². The summed E-state index contributed by atoms with van der Waals surface area (Å²) in [7, 11) is 0. The van der Waals surface area contributed by atoms with Crippen LogP contribution in [0.2, 0.25) is 0 Å². The van der Waals surface area contributed by atoms with Crippen LogP contribution in [-0.2, 0) is 12.1 Å². The Labute approximate surface area is 121 Å². The number of nitrogens with zero attached hydrogens (tertiary/aromatic N) is 2. The van der Waals surface area contributed by atoms with Gasteiger partial charge in [0.1, 0.15) is 17.1 Å². The molecule has 0 aliphatic rings. The Morgan fingerprint density at radius 1 is 1.48 bits per heavy atom. The first-order valence-electron chi connectivity index (χ1n) is 6.57. The first-order chi connectivity index (χ1) is 9.94. The standard InChI is InChI=1S/C14H17N3O4/c1-3-17-12(18)7-6-10(16-17)13(19)15-9-14(2,20)11-5-4-8-21-11/h4-8,20H,3,9H2,1-2H3,(H,15,19). The summed E-state index contributed by atoms with van der Waals surface area (Å²) < 4.78 is 6.32. The van der Waals surface area contributed by atoms with Crippen LogP contribution < -0.4 is 10.9 Å². The minimum Gasteiger partial charge on any atom is -0.466 e. The molecule has 0 saturated carbocycles. The van der Waals surface area contributed by atoms with Gasteiger partial charge in [0.05, 0.1) is 12.8 Å². The van der Waals surface area contributed by atoms with Gasteiger partial charge in [-0.1, -0.05) is 0 Å². The van der Waals surface area contributed by atoms with E-state index in [0.717, 1.165) is 0 Å². The molecule has 0 fully saturated rings. The van der Waals surface area contributed by atoms with Crippen LogP contribution in [0.15, 0.2) is 39.7 Å². The van der Waals surface area contributed by atoms with Gasteiger partial charge in [0.15, 0.2) is 0 Å². The molecule has 7 heteroatoms. The van der Waals surface area contributed by atoms with E-state index >= 15 is 0 Å². The fraction of sp³-hybridized carbons (Fsp3) is 0.357. The molecule has 112 valence electrons. The minimum absolute atomic E-state index is 0.0354. The molecular formula is C14H17N3O4. The highest BCUT2D eigenvalue weighted by Gasteiger charge is 2.27. The average molecular weight is 291 g/mol. The van der Waals surface area contributed by atoms with E-state index in [-0.39, 0.29) is 17.8 Å². The van der Waals surface area contributed by atoms with Crippen LogP contribution in [0.1, 0.15) is 30.1 Å². The molecule has 21 heavy (non-hydrogen) atoms. The van der Waals surface area contributed by atoms with Crippen molar-refractivity contribution in [3.8, 4) is 0 Å². The van der Waals surface area contributed by atoms with Crippen LogP contribution in [0.5, 0.6) is 0 Å². The minimum atomic E-state index is -1.32. The Morgan fingerprint density at radius 2 is 2.24 bits per heavy atom. The third-order valence-electron chi connectivity index (χ3n) is 3.04. The van der Waals surface area contributed by atoms with Gasteiger partial charge in [-0.25, -0.2) is 4.68 Å². The molecule has 0 bridgehead atoms. The second-order valence-electron chi connectivity index (χ2n) is 4.81. The maximum Gasteiger partial charge on any atom is 0.271 e. The van der Waals surface area contributed by atoms with Gasteiger partial charge in [-0.3, -0.25) is 9.59 Å². The zero-order valence-electron chi connectivity index (χ0n) is 11.9. The van der Waals surface area contributed by atoms with Gasteiger partial charge in [0, 0.05) is 12.6 Å². The van der Waals surface area contributed by atoms with Gasteiger partial charge in [-0.15, -0.1) is 0 Å². The highest BCUT2D eigenvalue weighted by atomic mass is 16.4. The molecule has 1 amide bonds. The van der Waals surface area contributed by atoms with E-state index in [1.54, 1.807) is 19.1 Å². The Hall–Kier alpha value is -2.41. The van der Waals surface area contributed by atoms with E-state index in [9.17, 15) is 14.7 Å². The monoisotopic (exact) mass is 291 g/mol. The normalized spacial score (nSPS) is 13.7. The van der Waals surface area contributed by atoms with Crippen LogP contribution in [0.25, 0.3) is 0 Å². The quantitative estimate of drug-likeness (QED) is 0.835. The lowest BCUT2D eigenvalue weighted by molar-refractivity contribution is 0.0329. The van der Waals surface area contributed by atoms with Crippen LogP contribution in [0.3, 0.4) is 0 Å². The summed E-state index contributed by atoms with van der Waals surface area (Å²) in [6.07, 6.45) is 1.45. The maximum atomic E-state index is 12.0. The van der Waals surface area contributed by atoms with Crippen molar-refractivity contribution in [2.45, 2.75) is 26.0 Å². The number of aryl methyl sites for hydroxylation is 1. The number of hydrogen-bond donors (Lipinski definition) is 2. The van der Waals surface area contributed by atoms with Crippen molar-refractivity contribution in [2.75, 3.05) is 6.54 Å². The molecule has 0 aliphatic heterocycles. The van der Waals surface area contributed by atoms with Crippen LogP contribution in [0.4, 0.5) is 0 Å². The number of furan rings is 1. The Balaban J connectivity index is 2.07. The zero-order chi connectivity index (χ0) is 15.5. The Bertz CT molecular complexity index is 674. The molecule has 0 aliphatic carbocycles. The second kappa shape index (κ2) is 5.92. The molecule has 0 saturated heterocycles. The topological polar surface area (TPSA) is 97.4 Å². The van der Waals surface area contributed by atoms with Gasteiger partial charge in [0.25, 0.3) is 11.5 Å². The fourth-order valence-electron chi connectivity index (χ4n) is 1.81. The number of aliphatic hydroxyl groups is 1. The summed E-state index contributed by atoms with van der Waals surface area (Å²) in [5.41, 5.74) is -1.47. The van der Waals surface area contributed by atoms with Gasteiger partial charge in [-0.2, -0.15) is 5.10 Å². The zero-order valence-corrected chi connectivity index (χ0v) is 11.9. The molecule has 1 unspecified atom stereocenters. The Kier molecular flexibility index (Phi) is 4.23. The summed E-state index contributed by atoms with van der Waals surface area (Å²) in [4.78, 5) is 23.4. The number of aromatic nitrogens is 2. The molecule has 2 aromatic heterocycles. The highest BCUT2D eigenvalue weighted by Crippen LogP contribution is 2.19. The number of carbonyl (C=O) groups is 1. The van der Waals surface area contributed by atoms with Crippen LogP contribution in [-0.4, -0.2) is 27.3 Å². The number of rotatable bonds is 5. The molecule has 1 atom stereocenters. The molecule has 0 spiro atoms. The Morgan fingerprint density at radius 3 is 2.86 bits per heavy atom. The van der Waals surface area contributed by atoms with Crippen molar-refractivity contribution in [3.63, 3.8) is 0 Å². The van der Waals surface area contributed by atoms with Crippen molar-refractivity contribution in [2.24, 2.45) is 0 Å². The molecule has 0 aromatic carbocycles. The molecule has 2 rings (SSSR count). The molecule has 0 radical (unpaired) electrons. The largest absolute Gasteiger partial charge is 0.466 e. The first-order valence-corrected chi connectivity index (χ1v) is 6.57. The average Bonchev–Trinajstić information content (AvgIpc) is 3.00. The van der Waals surface area contributed by atoms with Crippen LogP contribution in [0, 0.1) is 0 Å². The first kappa shape index (κ1) is 15.0. The van der Waals surface area contributed by atoms with E-state index in [1.807, 2.05) is 0 Å². The summed E-state index contributed by atoms with van der Waals surface area (Å²) in [6.45, 7) is 3.64. The molecular weight excluding hydrogens is 274 g/mol. The van der Waals surface area contributed by atoms with E-state index in [4.69, 9.17) is 4.42 Å². The molecule has 2 N–H and O–H groups in total. The van der Waals surface area contributed by atoms with E-state index in [0.29, 0.717) is 12.3 Å². The van der Waals surface area contributed by atoms with E-state index < -0.39 is 11.5 Å². The molecule has 2 heterocycles. The van der Waals surface area contributed by atoms with Crippen molar-refractivity contribution in [1.82, 2.24) is 15.1 Å². The van der Waals surface area contributed by atoms with Crippen molar-refractivity contribution in [1.29, 1.82) is 0 Å².